The molecule has 4 rings (SSSR count). The van der Waals surface area contributed by atoms with E-state index >= 15 is 0 Å². The van der Waals surface area contributed by atoms with E-state index in [1.807, 2.05) is 0 Å². The van der Waals surface area contributed by atoms with Crippen molar-refractivity contribution in [3.8, 4) is 17.2 Å². The van der Waals surface area contributed by atoms with Gasteiger partial charge < -0.3 is 9.15 Å². The molecule has 1 aromatic carbocycles. The molecule has 0 radical (unpaired) electrons. The van der Waals surface area contributed by atoms with Gasteiger partial charge in [-0.2, -0.15) is 4.31 Å². The van der Waals surface area contributed by atoms with Crippen molar-refractivity contribution in [2.75, 3.05) is 19.0 Å². The molecule has 1 aliphatic rings. The van der Waals surface area contributed by atoms with Crippen LogP contribution in [0.15, 0.2) is 50.4 Å². The van der Waals surface area contributed by atoms with Gasteiger partial charge in [-0.1, -0.05) is 17.6 Å². The van der Waals surface area contributed by atoms with Crippen LogP contribution in [0.5, 0.6) is 5.75 Å². The van der Waals surface area contributed by atoms with Crippen molar-refractivity contribution in [2.45, 2.75) is 29.5 Å². The lowest BCUT2D eigenvalue weighted by Gasteiger charge is -2.32. The number of methoxy groups -OCH3 is 1. The molecule has 1 N–H and O–H groups in total. The summed E-state index contributed by atoms with van der Waals surface area (Å²) in [5.41, 5.74) is 0.670. The molecule has 30 heavy (non-hydrogen) atoms. The van der Waals surface area contributed by atoms with E-state index in [4.69, 9.17) is 9.15 Å². The van der Waals surface area contributed by atoms with Crippen molar-refractivity contribution < 1.29 is 22.4 Å². The van der Waals surface area contributed by atoms with Gasteiger partial charge in [-0.05, 0) is 48.6 Å². The minimum atomic E-state index is -3.74. The predicted molar refractivity (Wildman–Crippen MR) is 111 cm³/mol. The Hall–Kier alpha value is -2.76. The van der Waals surface area contributed by atoms with Crippen LogP contribution in [0.4, 0.5) is 6.01 Å². The van der Waals surface area contributed by atoms with Crippen molar-refractivity contribution >= 4 is 33.3 Å². The molecule has 0 aliphatic carbocycles. The fraction of sp³-hybridized carbons (Fsp3) is 0.316. The first-order chi connectivity index (χ1) is 14.5. The molecule has 0 unspecified atom stereocenters. The standard InChI is InChI=1S/C19H20N4O5S2/c1-27-14-9-7-13(8-10-14)18-21-22-19(28-18)20-17(24)15-5-2-3-11-23(15)30(25,26)16-6-4-12-29-16/h4,6-10,12,15H,2-3,5,11H2,1H3,(H,20,22,24)/t15-/m0/s1. The molecule has 1 atom stereocenters. The largest absolute Gasteiger partial charge is 0.497 e. The van der Waals surface area contributed by atoms with Crippen molar-refractivity contribution in [2.24, 2.45) is 0 Å². The maximum atomic E-state index is 13.0. The number of rotatable bonds is 6. The monoisotopic (exact) mass is 448 g/mol. The van der Waals surface area contributed by atoms with E-state index in [2.05, 4.69) is 15.5 Å². The second-order valence-electron chi connectivity index (χ2n) is 6.69. The van der Waals surface area contributed by atoms with Crippen molar-refractivity contribution in [1.82, 2.24) is 14.5 Å². The zero-order chi connectivity index (χ0) is 21.1. The van der Waals surface area contributed by atoms with E-state index in [9.17, 15) is 13.2 Å². The SMILES string of the molecule is COc1ccc(-c2nnc(NC(=O)[C@@H]3CCCCN3S(=O)(=O)c3cccs3)o2)cc1. The fourth-order valence-electron chi connectivity index (χ4n) is 3.29. The minimum absolute atomic E-state index is 0.0788. The van der Waals surface area contributed by atoms with Gasteiger partial charge in [0.2, 0.25) is 11.8 Å². The number of hydrogen-bond acceptors (Lipinski definition) is 8. The molecule has 0 bridgehead atoms. The maximum absolute atomic E-state index is 13.0. The van der Waals surface area contributed by atoms with Gasteiger partial charge in [0.15, 0.2) is 0 Å². The van der Waals surface area contributed by atoms with Gasteiger partial charge in [-0.3, -0.25) is 10.1 Å². The highest BCUT2D eigenvalue weighted by molar-refractivity contribution is 7.91. The topological polar surface area (TPSA) is 115 Å². The number of nitrogens with zero attached hydrogens (tertiary/aromatic N) is 3. The van der Waals surface area contributed by atoms with E-state index in [0.29, 0.717) is 30.7 Å². The molecule has 158 valence electrons. The molecule has 11 heteroatoms. The van der Waals surface area contributed by atoms with Gasteiger partial charge in [0.25, 0.3) is 10.0 Å². The lowest BCUT2D eigenvalue weighted by atomic mass is 10.0. The van der Waals surface area contributed by atoms with Crippen molar-refractivity contribution in [3.63, 3.8) is 0 Å². The first-order valence-electron chi connectivity index (χ1n) is 9.33. The lowest BCUT2D eigenvalue weighted by molar-refractivity contribution is -0.120. The van der Waals surface area contributed by atoms with E-state index < -0.39 is 22.0 Å². The van der Waals surface area contributed by atoms with E-state index in [1.165, 1.54) is 4.31 Å². The number of amides is 1. The molecule has 0 saturated carbocycles. The molecule has 0 spiro atoms. The fourth-order valence-corrected chi connectivity index (χ4v) is 6.07. The molecule has 1 saturated heterocycles. The zero-order valence-electron chi connectivity index (χ0n) is 16.1. The van der Waals surface area contributed by atoms with Crippen LogP contribution in [-0.2, 0) is 14.8 Å². The molecular weight excluding hydrogens is 428 g/mol. The number of thiophene rings is 1. The smallest absolute Gasteiger partial charge is 0.322 e. The number of piperidine rings is 1. The third kappa shape index (κ3) is 4.09. The number of aromatic nitrogens is 2. The number of carbonyl (C=O) groups is 1. The van der Waals surface area contributed by atoms with E-state index in [0.717, 1.165) is 17.8 Å². The van der Waals surface area contributed by atoms with Crippen LogP contribution >= 0.6 is 11.3 Å². The number of ether oxygens (including phenoxy) is 1. The Morgan fingerprint density at radius 1 is 1.23 bits per heavy atom. The molecule has 1 aliphatic heterocycles. The van der Waals surface area contributed by atoms with Gasteiger partial charge in [0.1, 0.15) is 16.0 Å². The van der Waals surface area contributed by atoms with Crippen LogP contribution in [0.2, 0.25) is 0 Å². The van der Waals surface area contributed by atoms with Crippen LogP contribution in [0, 0.1) is 0 Å². The number of hydrogen-bond donors (Lipinski definition) is 1. The number of nitrogens with one attached hydrogen (secondary N) is 1. The van der Waals surface area contributed by atoms with Crippen LogP contribution in [0.1, 0.15) is 19.3 Å². The van der Waals surface area contributed by atoms with E-state index in [-0.39, 0.29) is 16.1 Å². The van der Waals surface area contributed by atoms with E-state index in [1.54, 1.807) is 48.9 Å². The highest BCUT2D eigenvalue weighted by Crippen LogP contribution is 2.29. The molecule has 1 fully saturated rings. The highest BCUT2D eigenvalue weighted by Gasteiger charge is 2.38. The van der Waals surface area contributed by atoms with Crippen LogP contribution < -0.4 is 10.1 Å². The van der Waals surface area contributed by atoms with Gasteiger partial charge in [0, 0.05) is 12.1 Å². The van der Waals surface area contributed by atoms with Gasteiger partial charge in [-0.15, -0.1) is 16.4 Å². The third-order valence-corrected chi connectivity index (χ3v) is 8.09. The van der Waals surface area contributed by atoms with Gasteiger partial charge in [0.05, 0.1) is 7.11 Å². The third-order valence-electron chi connectivity index (χ3n) is 4.81. The predicted octanol–water partition coefficient (Wildman–Crippen LogP) is 2.99. The number of carbonyl (C=O) groups excluding carboxylic acids is 1. The Kier molecular flexibility index (Phi) is 5.84. The molecule has 1 amide bonds. The molecule has 3 aromatic rings. The first kappa shape index (κ1) is 20.5. The van der Waals surface area contributed by atoms with Gasteiger partial charge >= 0.3 is 6.01 Å². The van der Waals surface area contributed by atoms with Crippen LogP contribution in [0.3, 0.4) is 0 Å². The Bertz CT molecular complexity index is 1110. The Balaban J connectivity index is 1.50. The first-order valence-corrected chi connectivity index (χ1v) is 11.6. The summed E-state index contributed by atoms with van der Waals surface area (Å²) in [6.45, 7) is 0.291. The molecule has 2 aromatic heterocycles. The number of sulfonamides is 1. The van der Waals surface area contributed by atoms with Gasteiger partial charge in [-0.25, -0.2) is 8.42 Å². The quantitative estimate of drug-likeness (QED) is 0.616. The summed E-state index contributed by atoms with van der Waals surface area (Å²) in [6.07, 6.45) is 1.89. The molecule has 9 nitrogen and oxygen atoms in total. The molecular formula is C19H20N4O5S2. The Labute approximate surface area is 177 Å². The number of anilines is 1. The number of benzene rings is 1. The van der Waals surface area contributed by atoms with Crippen molar-refractivity contribution in [1.29, 1.82) is 0 Å². The summed E-state index contributed by atoms with van der Waals surface area (Å²) in [4.78, 5) is 12.9. The average molecular weight is 449 g/mol. The molecule has 3 heterocycles. The lowest BCUT2D eigenvalue weighted by Crippen LogP contribution is -2.49. The van der Waals surface area contributed by atoms with Crippen LogP contribution in [-0.4, -0.2) is 48.5 Å². The normalized spacial score (nSPS) is 17.6. The zero-order valence-corrected chi connectivity index (χ0v) is 17.8. The van der Waals surface area contributed by atoms with Crippen LogP contribution in [0.25, 0.3) is 11.5 Å². The second-order valence-corrected chi connectivity index (χ2v) is 9.75. The summed E-state index contributed by atoms with van der Waals surface area (Å²) in [6, 6.07) is 9.34. The minimum Gasteiger partial charge on any atom is -0.497 e. The summed E-state index contributed by atoms with van der Waals surface area (Å²) >= 11 is 1.13. The Morgan fingerprint density at radius 3 is 2.73 bits per heavy atom. The van der Waals surface area contributed by atoms with Crippen molar-refractivity contribution in [3.05, 3.63) is 41.8 Å². The average Bonchev–Trinajstić information content (AvgIpc) is 3.47. The summed E-state index contributed by atoms with van der Waals surface area (Å²) < 4.78 is 38.0. The maximum Gasteiger partial charge on any atom is 0.322 e. The second kappa shape index (κ2) is 8.54. The summed E-state index contributed by atoms with van der Waals surface area (Å²) in [5.74, 6) is 0.440. The summed E-state index contributed by atoms with van der Waals surface area (Å²) in [5, 5.41) is 12.1. The highest BCUT2D eigenvalue weighted by atomic mass is 32.2. The summed E-state index contributed by atoms with van der Waals surface area (Å²) in [7, 11) is -2.17. The Morgan fingerprint density at radius 2 is 2.03 bits per heavy atom.